The van der Waals surface area contributed by atoms with Crippen molar-refractivity contribution in [2.24, 2.45) is 0 Å². The summed E-state index contributed by atoms with van der Waals surface area (Å²) in [5.41, 5.74) is 3.28. The zero-order chi connectivity index (χ0) is 13.5. The molecule has 1 aromatic carbocycles. The van der Waals surface area contributed by atoms with Crippen molar-refractivity contribution in [1.82, 2.24) is 20.2 Å². The highest BCUT2D eigenvalue weighted by Gasteiger charge is 2.24. The van der Waals surface area contributed by atoms with Gasteiger partial charge in [0.2, 0.25) is 0 Å². The largest absolute Gasteiger partial charge is 0.196 e. The molecule has 0 radical (unpaired) electrons. The lowest BCUT2D eigenvalue weighted by molar-refractivity contribution is 0.525. The fourth-order valence-corrected chi connectivity index (χ4v) is 2.73. The number of hydrogen-bond acceptors (Lipinski definition) is 3. The molecule has 0 aliphatic carbocycles. The summed E-state index contributed by atoms with van der Waals surface area (Å²) in [7, 11) is 0. The minimum atomic E-state index is -0.0878. The molecule has 4 nitrogen and oxygen atoms in total. The van der Waals surface area contributed by atoms with Gasteiger partial charge in [0.25, 0.3) is 0 Å². The number of nitrogens with zero attached hydrogens (tertiary/aromatic N) is 4. The Kier molecular flexibility index (Phi) is 3.27. The third-order valence-electron chi connectivity index (χ3n) is 2.81. The average molecular weight is 309 g/mol. The lowest BCUT2D eigenvalue weighted by atomic mass is 9.95. The molecule has 0 spiro atoms. The van der Waals surface area contributed by atoms with E-state index in [1.54, 1.807) is 0 Å². The van der Waals surface area contributed by atoms with Crippen molar-refractivity contribution in [3.05, 3.63) is 33.6 Å². The standard InChI is InChI=1S/C13H17BrN4/c1-8-6-10(14)7-9(2)11(8)18-12(13(3,4)5)15-16-17-18/h6-7H,1-5H3. The lowest BCUT2D eigenvalue weighted by Gasteiger charge is -2.19. The molecular formula is C13H17BrN4. The summed E-state index contributed by atoms with van der Waals surface area (Å²) < 4.78 is 2.92. The summed E-state index contributed by atoms with van der Waals surface area (Å²) in [4.78, 5) is 0. The van der Waals surface area contributed by atoms with Crippen LogP contribution in [0.4, 0.5) is 0 Å². The topological polar surface area (TPSA) is 43.6 Å². The smallest absolute Gasteiger partial charge is 0.162 e. The molecule has 0 saturated carbocycles. The number of rotatable bonds is 1. The zero-order valence-electron chi connectivity index (χ0n) is 11.3. The Hall–Kier alpha value is -1.23. The number of benzene rings is 1. The van der Waals surface area contributed by atoms with Crippen LogP contribution >= 0.6 is 15.9 Å². The molecule has 18 heavy (non-hydrogen) atoms. The van der Waals surface area contributed by atoms with Gasteiger partial charge in [0.15, 0.2) is 5.82 Å². The second-order valence-corrected chi connectivity index (χ2v) is 6.47. The van der Waals surface area contributed by atoms with Crippen molar-refractivity contribution >= 4 is 15.9 Å². The van der Waals surface area contributed by atoms with E-state index in [0.717, 1.165) is 27.1 Å². The van der Waals surface area contributed by atoms with Crippen LogP contribution in [0.2, 0.25) is 0 Å². The normalized spacial score (nSPS) is 11.9. The van der Waals surface area contributed by atoms with Crippen molar-refractivity contribution in [1.29, 1.82) is 0 Å². The van der Waals surface area contributed by atoms with Gasteiger partial charge in [-0.15, -0.1) is 5.10 Å². The molecular weight excluding hydrogens is 292 g/mol. The Morgan fingerprint density at radius 2 is 1.67 bits per heavy atom. The van der Waals surface area contributed by atoms with Gasteiger partial charge in [-0.2, -0.15) is 4.68 Å². The van der Waals surface area contributed by atoms with Gasteiger partial charge in [0, 0.05) is 9.89 Å². The van der Waals surface area contributed by atoms with Crippen molar-refractivity contribution in [3.8, 4) is 5.69 Å². The molecule has 1 aromatic heterocycles. The molecule has 0 amide bonds. The quantitative estimate of drug-likeness (QED) is 0.811. The van der Waals surface area contributed by atoms with E-state index in [9.17, 15) is 0 Å². The van der Waals surface area contributed by atoms with Crippen LogP contribution in [-0.2, 0) is 5.41 Å². The highest BCUT2D eigenvalue weighted by atomic mass is 79.9. The molecule has 0 aliphatic rings. The molecule has 0 atom stereocenters. The van der Waals surface area contributed by atoms with Crippen LogP contribution in [0.25, 0.3) is 5.69 Å². The Balaban J connectivity index is 2.68. The molecule has 96 valence electrons. The summed E-state index contributed by atoms with van der Waals surface area (Å²) in [6.07, 6.45) is 0. The van der Waals surface area contributed by atoms with Crippen LogP contribution in [0.15, 0.2) is 16.6 Å². The van der Waals surface area contributed by atoms with E-state index in [1.165, 1.54) is 0 Å². The first-order valence-electron chi connectivity index (χ1n) is 5.86. The summed E-state index contributed by atoms with van der Waals surface area (Å²) in [6.45, 7) is 10.5. The molecule has 0 aliphatic heterocycles. The first-order valence-corrected chi connectivity index (χ1v) is 6.66. The molecule has 0 bridgehead atoms. The molecule has 5 heteroatoms. The predicted octanol–water partition coefficient (Wildman–Crippen LogP) is 3.34. The Bertz CT molecular complexity index is 558. The van der Waals surface area contributed by atoms with Gasteiger partial charge < -0.3 is 0 Å². The second kappa shape index (κ2) is 4.46. The molecule has 2 aromatic rings. The van der Waals surface area contributed by atoms with Crippen LogP contribution in [0.3, 0.4) is 0 Å². The number of aryl methyl sites for hydroxylation is 2. The van der Waals surface area contributed by atoms with Gasteiger partial charge >= 0.3 is 0 Å². The Morgan fingerprint density at radius 3 is 2.17 bits per heavy atom. The second-order valence-electron chi connectivity index (χ2n) is 5.55. The first-order chi connectivity index (χ1) is 8.30. The van der Waals surface area contributed by atoms with E-state index in [1.807, 2.05) is 4.68 Å². The average Bonchev–Trinajstić information content (AvgIpc) is 2.63. The maximum Gasteiger partial charge on any atom is 0.162 e. The maximum atomic E-state index is 4.16. The molecule has 0 fully saturated rings. The number of halogens is 1. The predicted molar refractivity (Wildman–Crippen MR) is 75.0 cm³/mol. The van der Waals surface area contributed by atoms with E-state index in [4.69, 9.17) is 0 Å². The number of hydrogen-bond donors (Lipinski definition) is 0. The fraction of sp³-hybridized carbons (Fsp3) is 0.462. The van der Waals surface area contributed by atoms with Crippen LogP contribution in [0.5, 0.6) is 0 Å². The van der Waals surface area contributed by atoms with Gasteiger partial charge in [-0.1, -0.05) is 36.7 Å². The summed E-state index contributed by atoms with van der Waals surface area (Å²) in [5.74, 6) is 0.871. The summed E-state index contributed by atoms with van der Waals surface area (Å²) in [6, 6.07) is 4.16. The number of aromatic nitrogens is 4. The van der Waals surface area contributed by atoms with Gasteiger partial charge in [-0.25, -0.2) is 0 Å². The molecule has 2 rings (SSSR count). The van der Waals surface area contributed by atoms with Gasteiger partial charge in [-0.3, -0.25) is 0 Å². The molecule has 0 saturated heterocycles. The third-order valence-corrected chi connectivity index (χ3v) is 3.27. The minimum Gasteiger partial charge on any atom is -0.196 e. The van der Waals surface area contributed by atoms with E-state index >= 15 is 0 Å². The van der Waals surface area contributed by atoms with E-state index < -0.39 is 0 Å². The van der Waals surface area contributed by atoms with Gasteiger partial charge in [0.05, 0.1) is 5.69 Å². The fourth-order valence-electron chi connectivity index (χ4n) is 2.04. The highest BCUT2D eigenvalue weighted by Crippen LogP contribution is 2.27. The highest BCUT2D eigenvalue weighted by molar-refractivity contribution is 9.10. The molecule has 1 heterocycles. The van der Waals surface area contributed by atoms with Crippen molar-refractivity contribution < 1.29 is 0 Å². The van der Waals surface area contributed by atoms with E-state index in [-0.39, 0.29) is 5.41 Å². The van der Waals surface area contributed by atoms with Gasteiger partial charge in [-0.05, 0) is 47.5 Å². The van der Waals surface area contributed by atoms with Crippen LogP contribution in [0.1, 0.15) is 37.7 Å². The van der Waals surface area contributed by atoms with Crippen LogP contribution < -0.4 is 0 Å². The summed E-state index contributed by atoms with van der Waals surface area (Å²) >= 11 is 3.51. The van der Waals surface area contributed by atoms with Gasteiger partial charge in [0.1, 0.15) is 0 Å². The first kappa shape index (κ1) is 13.2. The Labute approximate surface area is 116 Å². The van der Waals surface area contributed by atoms with Crippen LogP contribution in [0, 0.1) is 13.8 Å². The zero-order valence-corrected chi connectivity index (χ0v) is 12.9. The SMILES string of the molecule is Cc1cc(Br)cc(C)c1-n1nnnc1C(C)(C)C. The lowest BCUT2D eigenvalue weighted by Crippen LogP contribution is -2.20. The Morgan fingerprint density at radius 1 is 1.11 bits per heavy atom. The van der Waals surface area contributed by atoms with Crippen molar-refractivity contribution in [2.75, 3.05) is 0 Å². The molecule has 0 unspecified atom stereocenters. The van der Waals surface area contributed by atoms with E-state index in [2.05, 4.69) is 78.2 Å². The number of tetrazole rings is 1. The summed E-state index contributed by atoms with van der Waals surface area (Å²) in [5, 5.41) is 12.1. The maximum absolute atomic E-state index is 4.16. The van der Waals surface area contributed by atoms with Crippen molar-refractivity contribution in [2.45, 2.75) is 40.0 Å². The third kappa shape index (κ3) is 2.32. The van der Waals surface area contributed by atoms with Crippen molar-refractivity contribution in [3.63, 3.8) is 0 Å². The van der Waals surface area contributed by atoms with Crippen LogP contribution in [-0.4, -0.2) is 20.2 Å². The molecule has 0 N–H and O–H groups in total. The monoisotopic (exact) mass is 308 g/mol. The minimum absolute atomic E-state index is 0.0878. The van der Waals surface area contributed by atoms with E-state index in [0.29, 0.717) is 0 Å².